The molecule has 1 heterocycles. The summed E-state index contributed by atoms with van der Waals surface area (Å²) in [6, 6.07) is 4.60. The third-order valence-electron chi connectivity index (χ3n) is 3.94. The summed E-state index contributed by atoms with van der Waals surface area (Å²) in [5, 5.41) is 31.3. The number of phenolic OH excluding ortho intramolecular Hbond substituents is 1. The van der Waals surface area contributed by atoms with E-state index < -0.39 is 4.92 Å². The zero-order valence-electron chi connectivity index (χ0n) is 13.5. The normalized spacial score (nSPS) is 13.0. The molecule has 0 fully saturated rings. The van der Waals surface area contributed by atoms with Crippen LogP contribution in [-0.2, 0) is 12.8 Å². The van der Waals surface area contributed by atoms with Crippen LogP contribution >= 0.6 is 11.3 Å². The van der Waals surface area contributed by atoms with Crippen LogP contribution in [0.15, 0.2) is 17.1 Å². The molecule has 0 atom stereocenters. The summed E-state index contributed by atoms with van der Waals surface area (Å²) in [5.74, 6) is -0.175. The SMILES string of the molecule is CCOc1cc([N+](=O)[O-])cc(C=Nc2sc3c(c2C#N)CCC3)c1O. The quantitative estimate of drug-likeness (QED) is 0.496. The fraction of sp³-hybridized carbons (Fsp3) is 0.294. The summed E-state index contributed by atoms with van der Waals surface area (Å²) in [6.07, 6.45) is 4.21. The van der Waals surface area contributed by atoms with Crippen LogP contribution in [0.1, 0.15) is 34.9 Å². The first-order valence-corrected chi connectivity index (χ1v) is 8.59. The topological polar surface area (TPSA) is 109 Å². The molecule has 0 unspecified atom stereocenters. The van der Waals surface area contributed by atoms with Crippen LogP contribution in [0.3, 0.4) is 0 Å². The van der Waals surface area contributed by atoms with Gasteiger partial charge in [0.05, 0.1) is 23.2 Å². The number of nitro benzene ring substituents is 1. The van der Waals surface area contributed by atoms with E-state index in [1.54, 1.807) is 6.92 Å². The van der Waals surface area contributed by atoms with Gasteiger partial charge in [-0.3, -0.25) is 10.1 Å². The number of aliphatic imine (C=N–C) groups is 1. The standard InChI is InChI=1S/C17H15N3O4S/c1-2-24-14-7-11(20(22)23)6-10(16(14)21)9-19-17-13(8-18)12-4-3-5-15(12)25-17/h6-7,9,21H,2-5H2,1H3. The molecule has 0 saturated heterocycles. The molecule has 1 aliphatic carbocycles. The number of non-ortho nitro benzene ring substituents is 1. The van der Waals surface area contributed by atoms with Gasteiger partial charge in [0.2, 0.25) is 0 Å². The number of hydrogen-bond acceptors (Lipinski definition) is 7. The Bertz CT molecular complexity index is 912. The lowest BCUT2D eigenvalue weighted by atomic mass is 10.1. The molecule has 7 nitrogen and oxygen atoms in total. The highest BCUT2D eigenvalue weighted by atomic mass is 32.1. The van der Waals surface area contributed by atoms with Crippen molar-refractivity contribution in [3.8, 4) is 17.6 Å². The van der Waals surface area contributed by atoms with Crippen LogP contribution in [0.4, 0.5) is 10.7 Å². The van der Waals surface area contributed by atoms with Crippen LogP contribution in [0, 0.1) is 21.4 Å². The Morgan fingerprint density at radius 2 is 2.32 bits per heavy atom. The molecule has 1 N–H and O–H groups in total. The second kappa shape index (κ2) is 6.91. The van der Waals surface area contributed by atoms with Gasteiger partial charge in [0, 0.05) is 22.7 Å². The molecule has 0 saturated carbocycles. The van der Waals surface area contributed by atoms with Crippen molar-refractivity contribution < 1.29 is 14.8 Å². The number of fused-ring (bicyclic) bond motifs is 1. The Hall–Kier alpha value is -2.92. The molecular formula is C17H15N3O4S. The Kier molecular flexibility index (Phi) is 4.67. The maximum Gasteiger partial charge on any atom is 0.274 e. The van der Waals surface area contributed by atoms with Crippen LogP contribution in [-0.4, -0.2) is 22.9 Å². The third kappa shape index (κ3) is 3.19. The molecule has 128 valence electrons. The van der Waals surface area contributed by atoms with Crippen molar-refractivity contribution in [3.63, 3.8) is 0 Å². The number of nitro groups is 1. The number of nitriles is 1. The molecule has 25 heavy (non-hydrogen) atoms. The second-order valence-electron chi connectivity index (χ2n) is 5.48. The van der Waals surface area contributed by atoms with Crippen LogP contribution < -0.4 is 4.74 Å². The van der Waals surface area contributed by atoms with E-state index in [2.05, 4.69) is 11.1 Å². The lowest BCUT2D eigenvalue weighted by Crippen LogP contribution is -1.97. The summed E-state index contributed by atoms with van der Waals surface area (Å²) in [4.78, 5) is 16.0. The number of aryl methyl sites for hydroxylation is 1. The highest BCUT2D eigenvalue weighted by molar-refractivity contribution is 7.16. The zero-order valence-corrected chi connectivity index (χ0v) is 14.3. The third-order valence-corrected chi connectivity index (χ3v) is 5.14. The van der Waals surface area contributed by atoms with E-state index in [-0.39, 0.29) is 29.4 Å². The molecule has 1 aliphatic rings. The first-order chi connectivity index (χ1) is 12.0. The summed E-state index contributed by atoms with van der Waals surface area (Å²) >= 11 is 1.46. The second-order valence-corrected chi connectivity index (χ2v) is 6.56. The lowest BCUT2D eigenvalue weighted by Gasteiger charge is -2.07. The van der Waals surface area contributed by atoms with Gasteiger partial charge in [0.1, 0.15) is 11.1 Å². The fourth-order valence-corrected chi connectivity index (χ4v) is 3.99. The number of rotatable bonds is 5. The Morgan fingerprint density at radius 3 is 3.00 bits per heavy atom. The molecule has 3 rings (SSSR count). The van der Waals surface area contributed by atoms with Gasteiger partial charge in [-0.25, -0.2) is 4.99 Å². The Balaban J connectivity index is 2.02. The highest BCUT2D eigenvalue weighted by Gasteiger charge is 2.22. The number of phenols is 1. The van der Waals surface area contributed by atoms with Crippen LogP contribution in [0.25, 0.3) is 0 Å². The predicted molar refractivity (Wildman–Crippen MR) is 94.2 cm³/mol. The summed E-state index contributed by atoms with van der Waals surface area (Å²) in [6.45, 7) is 1.99. The van der Waals surface area contributed by atoms with Gasteiger partial charge in [0.15, 0.2) is 11.5 Å². The molecular weight excluding hydrogens is 342 g/mol. The average Bonchev–Trinajstić information content (AvgIpc) is 3.15. The van der Waals surface area contributed by atoms with Crippen molar-refractivity contribution in [1.29, 1.82) is 5.26 Å². The summed E-state index contributed by atoms with van der Waals surface area (Å²) < 4.78 is 5.25. The van der Waals surface area contributed by atoms with Gasteiger partial charge in [-0.15, -0.1) is 11.3 Å². The smallest absolute Gasteiger partial charge is 0.274 e. The molecule has 8 heteroatoms. The first kappa shape index (κ1) is 16.9. The fourth-order valence-electron chi connectivity index (χ4n) is 2.81. The molecule has 0 spiro atoms. The van der Waals surface area contributed by atoms with E-state index in [4.69, 9.17) is 4.74 Å². The van der Waals surface area contributed by atoms with Crippen LogP contribution in [0.2, 0.25) is 0 Å². The summed E-state index contributed by atoms with van der Waals surface area (Å²) in [5.41, 5.74) is 1.59. The van der Waals surface area contributed by atoms with Crippen molar-refractivity contribution in [2.24, 2.45) is 4.99 Å². The maximum absolute atomic E-state index is 11.1. The van der Waals surface area contributed by atoms with Crippen molar-refractivity contribution in [3.05, 3.63) is 43.8 Å². The minimum atomic E-state index is -0.556. The number of aromatic hydroxyl groups is 1. The van der Waals surface area contributed by atoms with E-state index >= 15 is 0 Å². The number of nitrogens with zero attached hydrogens (tertiary/aromatic N) is 3. The summed E-state index contributed by atoms with van der Waals surface area (Å²) in [7, 11) is 0. The number of thiophene rings is 1. The largest absolute Gasteiger partial charge is 0.504 e. The van der Waals surface area contributed by atoms with Crippen molar-refractivity contribution in [2.75, 3.05) is 6.61 Å². The molecule has 1 aromatic heterocycles. The number of ether oxygens (including phenoxy) is 1. The Morgan fingerprint density at radius 1 is 1.52 bits per heavy atom. The van der Waals surface area contributed by atoms with Crippen LogP contribution in [0.5, 0.6) is 11.5 Å². The molecule has 0 radical (unpaired) electrons. The molecule has 0 bridgehead atoms. The van der Waals surface area contributed by atoms with E-state index in [0.717, 1.165) is 24.8 Å². The molecule has 1 aromatic carbocycles. The predicted octanol–water partition coefficient (Wildman–Crippen LogP) is 3.87. The minimum Gasteiger partial charge on any atom is -0.504 e. The number of benzene rings is 1. The van der Waals surface area contributed by atoms with Gasteiger partial charge in [-0.2, -0.15) is 5.26 Å². The van der Waals surface area contributed by atoms with Gasteiger partial charge >= 0.3 is 0 Å². The first-order valence-electron chi connectivity index (χ1n) is 7.78. The van der Waals surface area contributed by atoms with Gasteiger partial charge in [0.25, 0.3) is 5.69 Å². The van der Waals surface area contributed by atoms with Crippen molar-refractivity contribution >= 4 is 28.2 Å². The van der Waals surface area contributed by atoms with E-state index in [1.807, 2.05) is 0 Å². The van der Waals surface area contributed by atoms with Gasteiger partial charge < -0.3 is 9.84 Å². The monoisotopic (exact) mass is 357 g/mol. The number of hydrogen-bond donors (Lipinski definition) is 1. The Labute approximate surface area is 148 Å². The zero-order chi connectivity index (χ0) is 18.0. The van der Waals surface area contributed by atoms with Gasteiger partial charge in [-0.1, -0.05) is 0 Å². The highest BCUT2D eigenvalue weighted by Crippen LogP contribution is 2.40. The molecule has 2 aromatic rings. The van der Waals surface area contributed by atoms with E-state index in [0.29, 0.717) is 10.6 Å². The maximum atomic E-state index is 11.1. The average molecular weight is 357 g/mol. The lowest BCUT2D eigenvalue weighted by molar-refractivity contribution is -0.385. The molecule has 0 aliphatic heterocycles. The van der Waals surface area contributed by atoms with E-state index in [9.17, 15) is 20.5 Å². The van der Waals surface area contributed by atoms with E-state index in [1.165, 1.54) is 34.6 Å². The van der Waals surface area contributed by atoms with Crippen molar-refractivity contribution in [1.82, 2.24) is 0 Å². The molecule has 0 amide bonds. The van der Waals surface area contributed by atoms with Crippen molar-refractivity contribution in [2.45, 2.75) is 26.2 Å². The van der Waals surface area contributed by atoms with Gasteiger partial charge in [-0.05, 0) is 31.7 Å². The minimum absolute atomic E-state index is 0.0346.